The van der Waals surface area contributed by atoms with Crippen LogP contribution in [0.4, 0.5) is 0 Å². The topological polar surface area (TPSA) is 131 Å². The molecule has 3 rings (SSSR count). The Bertz CT molecular complexity index is 924. The van der Waals surface area contributed by atoms with Crippen molar-refractivity contribution in [2.45, 2.75) is 0 Å². The molecule has 1 heterocycles. The molecule has 24 heavy (non-hydrogen) atoms. The number of carbonyl (C=O) groups is 2. The van der Waals surface area contributed by atoms with Crippen LogP contribution in [0, 0.1) is 10.1 Å². The second-order valence-electron chi connectivity index (χ2n) is 4.72. The van der Waals surface area contributed by atoms with Gasteiger partial charge >= 0.3 is 11.6 Å². The Balaban J connectivity index is 2.01. The van der Waals surface area contributed by atoms with E-state index >= 15 is 0 Å². The Labute approximate surface area is 134 Å². The van der Waals surface area contributed by atoms with Crippen molar-refractivity contribution in [1.82, 2.24) is 15.4 Å². The molecule has 9 nitrogen and oxygen atoms in total. The summed E-state index contributed by atoms with van der Waals surface area (Å²) in [6, 6.07) is 8.31. The predicted octanol–water partition coefficient (Wildman–Crippen LogP) is 1.03. The van der Waals surface area contributed by atoms with Gasteiger partial charge in [0.2, 0.25) is 5.78 Å². The number of hydrogen-bond donors (Lipinski definition) is 1. The standard InChI is InChI=1S/C15H9N5O4/c21-12-7-6-10-13(18-19-17-10)14(12)16-15(22)11(20(23)24)8-9-4-2-1-3-5-9/h1-8H,(H,17,18,19). The van der Waals surface area contributed by atoms with Crippen LogP contribution in [0.15, 0.2) is 47.1 Å². The van der Waals surface area contributed by atoms with Crippen LogP contribution in [0.5, 0.6) is 0 Å². The second-order valence-corrected chi connectivity index (χ2v) is 4.72. The molecule has 9 heteroatoms. The Morgan fingerprint density at radius 3 is 2.67 bits per heavy atom. The first-order valence-corrected chi connectivity index (χ1v) is 6.74. The average molecular weight is 323 g/mol. The van der Waals surface area contributed by atoms with Gasteiger partial charge in [0.1, 0.15) is 17.1 Å². The molecule has 0 fully saturated rings. The summed E-state index contributed by atoms with van der Waals surface area (Å²) in [5, 5.41) is 21.0. The maximum atomic E-state index is 12.2. The molecule has 0 unspecified atom stereocenters. The van der Waals surface area contributed by atoms with Crippen molar-refractivity contribution in [2.24, 2.45) is 4.99 Å². The Kier molecular flexibility index (Phi) is 3.89. The number of aliphatic imine (C=N–C) groups is 1. The molecule has 0 aliphatic heterocycles. The highest BCUT2D eigenvalue weighted by atomic mass is 16.6. The quantitative estimate of drug-likeness (QED) is 0.510. The fraction of sp³-hybridized carbons (Fsp3) is 0. The van der Waals surface area contributed by atoms with Gasteiger partial charge in [-0.15, -0.1) is 0 Å². The molecule has 1 N–H and O–H groups in total. The number of fused-ring (bicyclic) bond motifs is 1. The molecule has 1 aromatic carbocycles. The first-order valence-electron chi connectivity index (χ1n) is 6.74. The molecule has 0 saturated carbocycles. The predicted molar refractivity (Wildman–Crippen MR) is 83.4 cm³/mol. The highest BCUT2D eigenvalue weighted by Gasteiger charge is 2.28. The molecule has 1 aliphatic rings. The summed E-state index contributed by atoms with van der Waals surface area (Å²) in [6.07, 6.45) is 3.68. The van der Waals surface area contributed by atoms with Gasteiger partial charge in [-0.3, -0.25) is 19.7 Å². The van der Waals surface area contributed by atoms with E-state index in [0.29, 0.717) is 11.3 Å². The number of carbonyl (C=O) groups excluding carboxylic acids is 2. The summed E-state index contributed by atoms with van der Waals surface area (Å²) in [7, 11) is 0. The summed E-state index contributed by atoms with van der Waals surface area (Å²) >= 11 is 0. The molecular weight excluding hydrogens is 314 g/mol. The van der Waals surface area contributed by atoms with Crippen LogP contribution in [0.1, 0.15) is 17.0 Å². The monoisotopic (exact) mass is 323 g/mol. The summed E-state index contributed by atoms with van der Waals surface area (Å²) in [6.45, 7) is 0. The number of hydrogen-bond acceptors (Lipinski definition) is 6. The van der Waals surface area contributed by atoms with Gasteiger partial charge in [-0.25, -0.2) is 0 Å². The highest BCUT2D eigenvalue weighted by Crippen LogP contribution is 2.15. The zero-order valence-corrected chi connectivity index (χ0v) is 12.0. The Morgan fingerprint density at radius 2 is 1.96 bits per heavy atom. The van der Waals surface area contributed by atoms with Crippen molar-refractivity contribution >= 4 is 29.6 Å². The number of nitrogens with zero attached hydrogens (tertiary/aromatic N) is 4. The van der Waals surface area contributed by atoms with E-state index in [1.54, 1.807) is 30.3 Å². The first-order chi connectivity index (χ1) is 11.6. The molecule has 0 atom stereocenters. The molecule has 0 saturated heterocycles. The minimum atomic E-state index is -1.14. The van der Waals surface area contributed by atoms with Crippen LogP contribution in [0.25, 0.3) is 12.2 Å². The molecule has 1 aromatic heterocycles. The van der Waals surface area contributed by atoms with Crippen molar-refractivity contribution in [3.63, 3.8) is 0 Å². The summed E-state index contributed by atoms with van der Waals surface area (Å²) in [5.74, 6) is -1.72. The zero-order chi connectivity index (χ0) is 17.1. The van der Waals surface area contributed by atoms with E-state index < -0.39 is 22.3 Å². The van der Waals surface area contributed by atoms with E-state index in [4.69, 9.17) is 0 Å². The van der Waals surface area contributed by atoms with Gasteiger partial charge in [-0.1, -0.05) is 30.3 Å². The van der Waals surface area contributed by atoms with Gasteiger partial charge in [0, 0.05) is 6.08 Å². The lowest BCUT2D eigenvalue weighted by Gasteiger charge is -2.03. The van der Waals surface area contributed by atoms with Crippen LogP contribution < -0.4 is 0 Å². The summed E-state index contributed by atoms with van der Waals surface area (Å²) in [4.78, 5) is 38.0. The summed E-state index contributed by atoms with van der Waals surface area (Å²) < 4.78 is 0. The SMILES string of the molecule is O=C1C=Cc2n[nH]nc2C1=NC(=O)C(=Cc1ccccc1)[N+](=O)[O-]. The van der Waals surface area contributed by atoms with Gasteiger partial charge < -0.3 is 0 Å². The fourth-order valence-electron chi connectivity index (χ4n) is 2.05. The lowest BCUT2D eigenvalue weighted by Crippen LogP contribution is -2.21. The first kappa shape index (κ1) is 15.2. The number of aromatic nitrogens is 3. The van der Waals surface area contributed by atoms with E-state index in [1.165, 1.54) is 12.2 Å². The average Bonchev–Trinajstić information content (AvgIpc) is 3.04. The zero-order valence-electron chi connectivity index (χ0n) is 12.0. The number of nitrogens with one attached hydrogen (secondary N) is 1. The number of H-pyrrole nitrogens is 1. The van der Waals surface area contributed by atoms with Gasteiger partial charge in [-0.05, 0) is 17.7 Å². The smallest absolute Gasteiger partial charge is 0.287 e. The number of benzene rings is 1. The largest absolute Gasteiger partial charge is 0.348 e. The fourth-order valence-corrected chi connectivity index (χ4v) is 2.05. The van der Waals surface area contributed by atoms with Gasteiger partial charge in [0.05, 0.1) is 4.92 Å². The number of nitro groups is 1. The third-order valence-electron chi connectivity index (χ3n) is 3.16. The molecule has 0 bridgehead atoms. The van der Waals surface area contributed by atoms with Crippen molar-refractivity contribution in [2.75, 3.05) is 0 Å². The van der Waals surface area contributed by atoms with Crippen LogP contribution in [-0.2, 0) is 9.59 Å². The third kappa shape index (κ3) is 2.90. The van der Waals surface area contributed by atoms with E-state index in [0.717, 1.165) is 6.08 Å². The van der Waals surface area contributed by atoms with Crippen LogP contribution >= 0.6 is 0 Å². The molecule has 0 spiro atoms. The van der Waals surface area contributed by atoms with Crippen LogP contribution in [0.2, 0.25) is 0 Å². The van der Waals surface area contributed by atoms with E-state index in [-0.39, 0.29) is 11.4 Å². The highest BCUT2D eigenvalue weighted by molar-refractivity contribution is 6.52. The molecular formula is C15H9N5O4. The number of ketones is 1. The normalized spacial score (nSPS) is 15.4. The van der Waals surface area contributed by atoms with Gasteiger partial charge in [0.15, 0.2) is 0 Å². The van der Waals surface area contributed by atoms with Crippen LogP contribution in [-0.4, -0.2) is 37.7 Å². The second kappa shape index (κ2) is 6.16. The van der Waals surface area contributed by atoms with Gasteiger partial charge in [-0.2, -0.15) is 20.4 Å². The van der Waals surface area contributed by atoms with E-state index in [1.807, 2.05) is 0 Å². The Morgan fingerprint density at radius 1 is 1.21 bits per heavy atom. The molecule has 0 radical (unpaired) electrons. The molecule has 118 valence electrons. The van der Waals surface area contributed by atoms with Crippen molar-refractivity contribution in [1.29, 1.82) is 0 Å². The third-order valence-corrected chi connectivity index (χ3v) is 3.16. The number of allylic oxidation sites excluding steroid dienone is 1. The number of rotatable bonds is 3. The van der Waals surface area contributed by atoms with Gasteiger partial charge in [0.25, 0.3) is 0 Å². The van der Waals surface area contributed by atoms with Crippen molar-refractivity contribution in [3.05, 3.63) is 69.2 Å². The molecule has 2 aromatic rings. The number of amides is 1. The van der Waals surface area contributed by atoms with Crippen molar-refractivity contribution in [3.8, 4) is 0 Å². The minimum absolute atomic E-state index is 0.0817. The van der Waals surface area contributed by atoms with E-state index in [9.17, 15) is 19.7 Å². The summed E-state index contributed by atoms with van der Waals surface area (Å²) in [5.41, 5.74) is -0.156. The number of aromatic amines is 1. The maximum Gasteiger partial charge on any atom is 0.348 e. The minimum Gasteiger partial charge on any atom is -0.287 e. The lowest BCUT2D eigenvalue weighted by molar-refractivity contribution is -0.417. The Hall–Kier alpha value is -3.75. The van der Waals surface area contributed by atoms with E-state index in [2.05, 4.69) is 20.4 Å². The van der Waals surface area contributed by atoms with Crippen molar-refractivity contribution < 1.29 is 14.5 Å². The molecule has 1 aliphatic carbocycles. The van der Waals surface area contributed by atoms with Crippen LogP contribution in [0.3, 0.4) is 0 Å². The lowest BCUT2D eigenvalue weighted by atomic mass is 10.0. The maximum absolute atomic E-state index is 12.2. The molecule has 1 amide bonds.